The van der Waals surface area contributed by atoms with E-state index in [0.29, 0.717) is 0 Å². The molecule has 0 saturated carbocycles. The Labute approximate surface area is 137 Å². The molecule has 0 radical (unpaired) electrons. The maximum atomic E-state index is 12.1. The molecule has 2 N–H and O–H groups in total. The fourth-order valence-electron chi connectivity index (χ4n) is 2.61. The lowest BCUT2D eigenvalue weighted by Crippen LogP contribution is -2.39. The van der Waals surface area contributed by atoms with Gasteiger partial charge in [0.15, 0.2) is 0 Å². The number of pyridine rings is 1. The topological polar surface area (TPSA) is 57.3 Å². The van der Waals surface area contributed by atoms with Gasteiger partial charge in [-0.3, -0.25) is 0 Å². The quantitative estimate of drug-likeness (QED) is 0.844. The normalized spacial score (nSPS) is 15.7. The minimum atomic E-state index is -0.153. The van der Waals surface area contributed by atoms with Crippen molar-refractivity contribution < 1.29 is 4.79 Å². The van der Waals surface area contributed by atoms with Crippen LogP contribution < -0.4 is 15.5 Å². The number of hydrogen-bond donors (Lipinski definition) is 2. The molecule has 1 aromatic rings. The van der Waals surface area contributed by atoms with Crippen molar-refractivity contribution in [2.24, 2.45) is 0 Å². The molecule has 2 heterocycles. The van der Waals surface area contributed by atoms with Gasteiger partial charge >= 0.3 is 6.03 Å². The number of aryl methyl sites for hydroxylation is 1. The van der Waals surface area contributed by atoms with Crippen LogP contribution in [0.1, 0.15) is 31.9 Å². The van der Waals surface area contributed by atoms with Crippen molar-refractivity contribution in [2.75, 3.05) is 35.3 Å². The molecule has 1 aliphatic heterocycles. The van der Waals surface area contributed by atoms with Crippen LogP contribution in [0.3, 0.4) is 0 Å². The van der Waals surface area contributed by atoms with Crippen molar-refractivity contribution in [3.63, 3.8) is 0 Å². The highest BCUT2D eigenvalue weighted by Gasteiger charge is 2.15. The molecule has 0 aliphatic carbocycles. The van der Waals surface area contributed by atoms with E-state index in [1.807, 2.05) is 25.3 Å². The number of carbonyl (C=O) groups excluding carboxylic acids is 1. The first-order chi connectivity index (χ1) is 10.6. The van der Waals surface area contributed by atoms with Crippen molar-refractivity contribution in [3.05, 3.63) is 17.8 Å². The predicted octanol–water partition coefficient (Wildman–Crippen LogP) is 3.25. The average Bonchev–Trinajstić information content (AvgIpc) is 3.03. The summed E-state index contributed by atoms with van der Waals surface area (Å²) in [5.41, 5.74) is 1.64. The van der Waals surface area contributed by atoms with Crippen molar-refractivity contribution in [1.82, 2.24) is 10.3 Å². The number of aromatic nitrogens is 1. The van der Waals surface area contributed by atoms with E-state index in [9.17, 15) is 4.79 Å². The molecule has 1 saturated heterocycles. The first kappa shape index (κ1) is 16.9. The highest BCUT2D eigenvalue weighted by Crippen LogP contribution is 2.22. The van der Waals surface area contributed by atoms with E-state index >= 15 is 0 Å². The van der Waals surface area contributed by atoms with Gasteiger partial charge in [0, 0.05) is 24.9 Å². The average molecular weight is 322 g/mol. The van der Waals surface area contributed by atoms with Gasteiger partial charge in [-0.2, -0.15) is 11.8 Å². The van der Waals surface area contributed by atoms with Crippen LogP contribution in [0.2, 0.25) is 0 Å². The van der Waals surface area contributed by atoms with Crippen molar-refractivity contribution >= 4 is 29.3 Å². The molecule has 122 valence electrons. The summed E-state index contributed by atoms with van der Waals surface area (Å²) in [7, 11) is 0. The summed E-state index contributed by atoms with van der Waals surface area (Å²) < 4.78 is 0. The number of nitrogens with one attached hydrogen (secondary N) is 2. The number of thioether (sulfide) groups is 1. The zero-order chi connectivity index (χ0) is 15.9. The lowest BCUT2D eigenvalue weighted by Gasteiger charge is -2.19. The van der Waals surface area contributed by atoms with E-state index < -0.39 is 0 Å². The SMILES string of the molecule is CC[C@@H](CSC)NC(=O)Nc1ccc(N2CCCC2)nc1C. The third-order valence-electron chi connectivity index (χ3n) is 3.95. The number of nitrogens with zero attached hydrogens (tertiary/aromatic N) is 2. The van der Waals surface area contributed by atoms with Gasteiger partial charge in [-0.05, 0) is 44.6 Å². The van der Waals surface area contributed by atoms with Gasteiger partial charge in [0.05, 0.1) is 11.4 Å². The van der Waals surface area contributed by atoms with Crippen LogP contribution in [0, 0.1) is 6.92 Å². The van der Waals surface area contributed by atoms with Crippen LogP contribution in [-0.4, -0.2) is 42.2 Å². The fraction of sp³-hybridized carbons (Fsp3) is 0.625. The van der Waals surface area contributed by atoms with Crippen molar-refractivity contribution in [1.29, 1.82) is 0 Å². The number of hydrogen-bond acceptors (Lipinski definition) is 4. The number of anilines is 2. The van der Waals surface area contributed by atoms with E-state index in [0.717, 1.165) is 42.5 Å². The first-order valence-electron chi connectivity index (χ1n) is 7.93. The molecule has 0 aromatic carbocycles. The standard InChI is InChI=1S/C16H26N4OS/c1-4-13(11-22-3)18-16(21)19-14-7-8-15(17-12(14)2)20-9-5-6-10-20/h7-8,13H,4-6,9-11H2,1-3H3,(H2,18,19,21)/t13-/m0/s1. The smallest absolute Gasteiger partial charge is 0.319 e. The lowest BCUT2D eigenvalue weighted by molar-refractivity contribution is 0.249. The van der Waals surface area contributed by atoms with E-state index in [1.165, 1.54) is 12.8 Å². The summed E-state index contributed by atoms with van der Waals surface area (Å²) in [6, 6.07) is 3.99. The molecule has 22 heavy (non-hydrogen) atoms. The fourth-order valence-corrected chi connectivity index (χ4v) is 3.33. The molecule has 0 spiro atoms. The monoisotopic (exact) mass is 322 g/mol. The molecular weight excluding hydrogens is 296 g/mol. The molecule has 6 heteroatoms. The zero-order valence-electron chi connectivity index (χ0n) is 13.7. The zero-order valence-corrected chi connectivity index (χ0v) is 14.5. The molecule has 2 amide bonds. The maximum absolute atomic E-state index is 12.1. The predicted molar refractivity (Wildman–Crippen MR) is 95.0 cm³/mol. The second kappa shape index (κ2) is 8.27. The van der Waals surface area contributed by atoms with Crippen LogP contribution in [0.5, 0.6) is 0 Å². The second-order valence-electron chi connectivity index (χ2n) is 5.66. The molecule has 1 aromatic heterocycles. The molecule has 1 atom stereocenters. The Balaban J connectivity index is 1.96. The molecule has 0 unspecified atom stereocenters. The number of urea groups is 1. The summed E-state index contributed by atoms with van der Waals surface area (Å²) in [6.07, 6.45) is 5.45. The lowest BCUT2D eigenvalue weighted by atomic mass is 10.2. The van der Waals surface area contributed by atoms with Crippen LogP contribution in [-0.2, 0) is 0 Å². The molecule has 2 rings (SSSR count). The van der Waals surface area contributed by atoms with Crippen LogP contribution in [0.4, 0.5) is 16.3 Å². The minimum absolute atomic E-state index is 0.153. The minimum Gasteiger partial charge on any atom is -0.357 e. The van der Waals surface area contributed by atoms with E-state index in [1.54, 1.807) is 11.8 Å². The highest BCUT2D eigenvalue weighted by atomic mass is 32.2. The van der Waals surface area contributed by atoms with E-state index in [2.05, 4.69) is 27.4 Å². The van der Waals surface area contributed by atoms with Gasteiger partial charge in [-0.15, -0.1) is 0 Å². The van der Waals surface area contributed by atoms with Gasteiger partial charge in [0.1, 0.15) is 5.82 Å². The summed E-state index contributed by atoms with van der Waals surface area (Å²) in [4.78, 5) is 19.0. The third kappa shape index (κ3) is 4.53. The Morgan fingerprint density at radius 1 is 1.41 bits per heavy atom. The van der Waals surface area contributed by atoms with Crippen molar-refractivity contribution in [3.8, 4) is 0 Å². The van der Waals surface area contributed by atoms with E-state index in [-0.39, 0.29) is 12.1 Å². The Bertz CT molecular complexity index is 503. The summed E-state index contributed by atoms with van der Waals surface area (Å²) in [5.74, 6) is 1.93. The Morgan fingerprint density at radius 2 is 2.14 bits per heavy atom. The van der Waals surface area contributed by atoms with Gasteiger partial charge in [-0.25, -0.2) is 9.78 Å². The third-order valence-corrected chi connectivity index (χ3v) is 4.68. The summed E-state index contributed by atoms with van der Waals surface area (Å²) >= 11 is 1.74. The molecule has 1 aliphatic rings. The second-order valence-corrected chi connectivity index (χ2v) is 6.57. The van der Waals surface area contributed by atoms with Gasteiger partial charge < -0.3 is 15.5 Å². The number of rotatable bonds is 6. The molecular formula is C16H26N4OS. The summed E-state index contributed by atoms with van der Waals surface area (Å²) in [6.45, 7) is 6.17. The van der Waals surface area contributed by atoms with E-state index in [4.69, 9.17) is 0 Å². The Kier molecular flexibility index (Phi) is 6.36. The highest BCUT2D eigenvalue weighted by molar-refractivity contribution is 7.98. The Hall–Kier alpha value is -1.43. The van der Waals surface area contributed by atoms with Crippen molar-refractivity contribution in [2.45, 2.75) is 39.2 Å². The number of carbonyl (C=O) groups is 1. The largest absolute Gasteiger partial charge is 0.357 e. The first-order valence-corrected chi connectivity index (χ1v) is 9.32. The van der Waals surface area contributed by atoms with Crippen LogP contribution in [0.25, 0.3) is 0 Å². The molecule has 1 fully saturated rings. The molecule has 0 bridgehead atoms. The van der Waals surface area contributed by atoms with Gasteiger partial charge in [0.2, 0.25) is 0 Å². The molecule has 5 nitrogen and oxygen atoms in total. The van der Waals surface area contributed by atoms with Gasteiger partial charge in [-0.1, -0.05) is 6.92 Å². The summed E-state index contributed by atoms with van der Waals surface area (Å²) in [5, 5.41) is 5.91. The van der Waals surface area contributed by atoms with Crippen LogP contribution >= 0.6 is 11.8 Å². The Morgan fingerprint density at radius 3 is 2.73 bits per heavy atom. The van der Waals surface area contributed by atoms with Gasteiger partial charge in [0.25, 0.3) is 0 Å². The number of amides is 2. The van der Waals surface area contributed by atoms with Crippen LogP contribution in [0.15, 0.2) is 12.1 Å². The maximum Gasteiger partial charge on any atom is 0.319 e.